The maximum atomic E-state index is 13.3. The van der Waals surface area contributed by atoms with E-state index < -0.39 is 124 Å². The van der Waals surface area contributed by atoms with Crippen molar-refractivity contribution in [3.05, 3.63) is 60.8 Å². The summed E-state index contributed by atoms with van der Waals surface area (Å²) in [6, 6.07) is -0.944. The first-order valence-corrected chi connectivity index (χ1v) is 32.0. The molecule has 0 spiro atoms. The van der Waals surface area contributed by atoms with Crippen LogP contribution in [0.25, 0.3) is 0 Å². The molecule has 3 fully saturated rings. The number of aliphatic hydroxyl groups is 11. The van der Waals surface area contributed by atoms with Crippen molar-refractivity contribution in [2.75, 3.05) is 26.4 Å². The predicted molar refractivity (Wildman–Crippen MR) is 318 cm³/mol. The summed E-state index contributed by atoms with van der Waals surface area (Å²) in [6.45, 7) is 1.61. The fourth-order valence-corrected chi connectivity index (χ4v) is 10.7. The Labute approximate surface area is 496 Å². The fraction of sp³-hybridized carbons (Fsp3) is 0.828. The van der Waals surface area contributed by atoms with Gasteiger partial charge >= 0.3 is 0 Å². The van der Waals surface area contributed by atoms with Crippen LogP contribution >= 0.6 is 0 Å². The lowest BCUT2D eigenvalue weighted by atomic mass is 9.96. The summed E-state index contributed by atoms with van der Waals surface area (Å²) in [4.78, 5) is 13.3. The molecule has 83 heavy (non-hydrogen) atoms. The van der Waals surface area contributed by atoms with Crippen molar-refractivity contribution < 1.29 is 89.4 Å². The third-order valence-electron chi connectivity index (χ3n) is 15.9. The number of unbranched alkanes of at least 4 members (excludes halogenated alkanes) is 22. The van der Waals surface area contributed by atoms with E-state index in [-0.39, 0.29) is 18.9 Å². The molecule has 0 bridgehead atoms. The maximum absolute atomic E-state index is 13.3. The number of carbonyl (C=O) groups is 1. The van der Waals surface area contributed by atoms with Crippen molar-refractivity contribution in [3.63, 3.8) is 0 Å². The van der Waals surface area contributed by atoms with Crippen molar-refractivity contribution in [3.8, 4) is 0 Å². The van der Waals surface area contributed by atoms with Gasteiger partial charge in [-0.15, -0.1) is 0 Å². The minimum Gasteiger partial charge on any atom is -0.394 e. The Morgan fingerprint density at radius 1 is 0.434 bits per heavy atom. The molecule has 3 aliphatic heterocycles. The van der Waals surface area contributed by atoms with E-state index in [1.165, 1.54) is 122 Å². The van der Waals surface area contributed by atoms with Gasteiger partial charge < -0.3 is 89.9 Å². The van der Waals surface area contributed by atoms with Crippen LogP contribution in [-0.2, 0) is 33.2 Å². The summed E-state index contributed by atoms with van der Waals surface area (Å²) in [7, 11) is 0. The average Bonchev–Trinajstić information content (AvgIpc) is 3.15. The molecule has 3 saturated heterocycles. The second kappa shape index (κ2) is 46.6. The van der Waals surface area contributed by atoms with E-state index in [1.54, 1.807) is 6.08 Å². The largest absolute Gasteiger partial charge is 0.394 e. The van der Waals surface area contributed by atoms with Crippen molar-refractivity contribution >= 4 is 5.91 Å². The van der Waals surface area contributed by atoms with Gasteiger partial charge in [-0.1, -0.05) is 222 Å². The normalized spacial score (nSPS) is 29.8. The van der Waals surface area contributed by atoms with E-state index >= 15 is 0 Å². The predicted octanol–water partition coefficient (Wildman–Crippen LogP) is 6.82. The number of hydrogen-bond acceptors (Lipinski definition) is 18. The highest BCUT2D eigenvalue weighted by atomic mass is 16.8. The van der Waals surface area contributed by atoms with Gasteiger partial charge in [-0.3, -0.25) is 4.79 Å². The molecule has 1 amide bonds. The van der Waals surface area contributed by atoms with Crippen molar-refractivity contribution in [2.24, 2.45) is 0 Å². The Kier molecular flexibility index (Phi) is 42.0. The van der Waals surface area contributed by atoms with Crippen LogP contribution in [-0.4, -0.2) is 193 Å². The van der Waals surface area contributed by atoms with Gasteiger partial charge in [0.1, 0.15) is 73.2 Å². The molecule has 0 aliphatic carbocycles. The molecule has 19 heteroatoms. The van der Waals surface area contributed by atoms with Crippen molar-refractivity contribution in [2.45, 2.75) is 311 Å². The standard InChI is InChI=1S/C64H113NO18/c1-3-5-7-9-11-13-15-17-19-20-21-22-23-24-25-26-28-29-31-33-35-37-39-41-48(69)47(65-52(70)42-40-38-36-34-32-30-27-18-16-14-12-10-8-6-4-2)46-78-62-58(76)55(73)60(50(44-67)80-62)83-64-59(77)56(74)61(51(45-68)81-64)82-63-57(75)54(72)53(71)49(43-66)79-63/h6,8,12,14,18,27,32,34,38,40,47-51,53-64,66-69,71-77H,3-5,7,9-11,13,15-17,19-26,28-31,33,35-37,39,41-46H2,1-2H3,(H,65,70)/b8-6-,14-12-,27-18-,34-32-,40-38-. The number of aliphatic hydroxyl groups excluding tert-OH is 11. The van der Waals surface area contributed by atoms with Gasteiger partial charge in [0, 0.05) is 6.42 Å². The molecule has 0 aromatic rings. The Morgan fingerprint density at radius 3 is 1.19 bits per heavy atom. The first-order chi connectivity index (χ1) is 40.3. The molecule has 3 aliphatic rings. The second-order valence-corrected chi connectivity index (χ2v) is 22.9. The lowest BCUT2D eigenvalue weighted by Gasteiger charge is -2.48. The van der Waals surface area contributed by atoms with Crippen molar-refractivity contribution in [1.82, 2.24) is 5.32 Å². The Balaban J connectivity index is 1.48. The number of carbonyl (C=O) groups excluding carboxylic acids is 1. The minimum atomic E-state index is -1.98. The first-order valence-electron chi connectivity index (χ1n) is 32.0. The summed E-state index contributed by atoms with van der Waals surface area (Å²) in [5.41, 5.74) is 0. The van der Waals surface area contributed by atoms with Gasteiger partial charge in [-0.05, 0) is 38.5 Å². The quantitative estimate of drug-likeness (QED) is 0.0220. The lowest BCUT2D eigenvalue weighted by molar-refractivity contribution is -0.379. The van der Waals surface area contributed by atoms with Crippen LogP contribution < -0.4 is 5.32 Å². The summed E-state index contributed by atoms with van der Waals surface area (Å²) < 4.78 is 34.3. The first kappa shape index (κ1) is 74.7. The molecular weight excluding hydrogens is 1070 g/mol. The van der Waals surface area contributed by atoms with Crippen LogP contribution in [0.15, 0.2) is 60.8 Å². The summed E-state index contributed by atoms with van der Waals surface area (Å²) in [5.74, 6) is -0.370. The van der Waals surface area contributed by atoms with Gasteiger partial charge in [0.15, 0.2) is 18.9 Å². The average molecular weight is 1180 g/mol. The van der Waals surface area contributed by atoms with Gasteiger partial charge in [0.05, 0.1) is 38.6 Å². The van der Waals surface area contributed by atoms with Crippen molar-refractivity contribution in [1.29, 1.82) is 0 Å². The zero-order valence-corrected chi connectivity index (χ0v) is 50.4. The molecule has 19 nitrogen and oxygen atoms in total. The summed E-state index contributed by atoms with van der Waals surface area (Å²) in [6.07, 6.45) is 27.7. The van der Waals surface area contributed by atoms with E-state index in [1.807, 2.05) is 12.2 Å². The zero-order valence-electron chi connectivity index (χ0n) is 50.4. The van der Waals surface area contributed by atoms with Crippen LogP contribution in [0.3, 0.4) is 0 Å². The fourth-order valence-electron chi connectivity index (χ4n) is 10.7. The molecule has 482 valence electrons. The number of ether oxygens (including phenoxy) is 6. The van der Waals surface area contributed by atoms with Crippen LogP contribution in [0.5, 0.6) is 0 Å². The van der Waals surface area contributed by atoms with E-state index in [0.717, 1.165) is 44.9 Å². The Morgan fingerprint density at radius 2 is 0.783 bits per heavy atom. The van der Waals surface area contributed by atoms with Gasteiger partial charge in [-0.25, -0.2) is 0 Å². The molecule has 17 atom stereocenters. The Hall–Kier alpha value is -2.51. The smallest absolute Gasteiger partial charge is 0.224 e. The number of hydrogen-bond donors (Lipinski definition) is 12. The Bertz CT molecular complexity index is 1750. The van der Waals surface area contributed by atoms with E-state index in [0.29, 0.717) is 19.3 Å². The van der Waals surface area contributed by atoms with Crippen LogP contribution in [0.1, 0.15) is 206 Å². The van der Waals surface area contributed by atoms with Crippen LogP contribution in [0, 0.1) is 0 Å². The van der Waals surface area contributed by atoms with Gasteiger partial charge in [-0.2, -0.15) is 0 Å². The van der Waals surface area contributed by atoms with E-state index in [4.69, 9.17) is 28.4 Å². The number of nitrogens with one attached hydrogen (secondary N) is 1. The topological polar surface area (TPSA) is 307 Å². The maximum Gasteiger partial charge on any atom is 0.224 e. The molecule has 3 heterocycles. The molecule has 0 aromatic heterocycles. The molecule has 17 unspecified atom stereocenters. The SMILES string of the molecule is CC/C=C\C/C=C\C/C=C\C/C=C\C/C=C\CC(=O)NC(COC1OC(CO)C(OC2OC(CO)C(OC3OC(CO)C(O)C(O)C3O)C(O)C2O)C(O)C1O)C(O)CCCCCCCCCCCCCCCCCCCCCCCCC. The molecule has 0 saturated carbocycles. The highest BCUT2D eigenvalue weighted by Crippen LogP contribution is 2.33. The highest BCUT2D eigenvalue weighted by Gasteiger charge is 2.53. The third-order valence-corrected chi connectivity index (χ3v) is 15.9. The van der Waals surface area contributed by atoms with Crippen LogP contribution in [0.4, 0.5) is 0 Å². The second-order valence-electron chi connectivity index (χ2n) is 22.9. The number of rotatable bonds is 47. The van der Waals surface area contributed by atoms with E-state index in [9.17, 15) is 61.0 Å². The minimum absolute atomic E-state index is 0.0323. The lowest BCUT2D eigenvalue weighted by Crippen LogP contribution is -2.66. The monoisotopic (exact) mass is 1180 g/mol. The molecule has 3 rings (SSSR count). The molecular formula is C64H113NO18. The number of amides is 1. The highest BCUT2D eigenvalue weighted by molar-refractivity contribution is 5.77. The zero-order chi connectivity index (χ0) is 60.5. The number of allylic oxidation sites excluding steroid dienone is 9. The summed E-state index contributed by atoms with van der Waals surface area (Å²) in [5, 5.41) is 120. The van der Waals surface area contributed by atoms with Gasteiger partial charge in [0.2, 0.25) is 5.91 Å². The summed E-state index contributed by atoms with van der Waals surface area (Å²) >= 11 is 0. The molecule has 12 N–H and O–H groups in total. The molecule has 0 aromatic carbocycles. The van der Waals surface area contributed by atoms with Crippen LogP contribution in [0.2, 0.25) is 0 Å². The van der Waals surface area contributed by atoms with E-state index in [2.05, 4.69) is 61.7 Å². The van der Waals surface area contributed by atoms with Gasteiger partial charge in [0.25, 0.3) is 0 Å². The third kappa shape index (κ3) is 29.8. The molecule has 0 radical (unpaired) electrons.